The molecule has 0 saturated carbocycles. The fourth-order valence-electron chi connectivity index (χ4n) is 1.26. The molecule has 80 valence electrons. The molecule has 0 fully saturated rings. The number of nitrogens with zero attached hydrogens (tertiary/aromatic N) is 1. The molecular weight excluding hydrogens is 247 g/mol. The minimum atomic E-state index is -4.00. The predicted molar refractivity (Wildman–Crippen MR) is 45.1 cm³/mol. The van der Waals surface area contributed by atoms with Crippen LogP contribution >= 0.6 is 7.82 Å². The molecule has 0 radical (unpaired) electrons. The Kier molecular flexibility index (Phi) is 1.35. The van der Waals surface area contributed by atoms with E-state index >= 15 is 0 Å². The van der Waals surface area contributed by atoms with Gasteiger partial charge in [-0.25, -0.2) is 18.5 Å². The summed E-state index contributed by atoms with van der Waals surface area (Å²) in [5, 5.41) is 4.90. The van der Waals surface area contributed by atoms with E-state index in [0.29, 0.717) is 0 Å². The summed E-state index contributed by atoms with van der Waals surface area (Å²) in [5.41, 5.74) is 0. The molecule has 2 N–H and O–H groups in total. The van der Waals surface area contributed by atoms with Crippen LogP contribution in [0, 0.1) is 0 Å². The van der Waals surface area contributed by atoms with Gasteiger partial charge in [-0.1, -0.05) is 0 Å². The maximum Gasteiger partial charge on any atom is 0.649 e. The first kappa shape index (κ1) is 8.96. The first-order chi connectivity index (χ1) is 6.89. The van der Waals surface area contributed by atoms with E-state index in [1.807, 2.05) is 0 Å². The van der Waals surface area contributed by atoms with Gasteiger partial charge >= 0.3 is 7.82 Å². The second-order valence-electron chi connectivity index (χ2n) is 2.85. The molecule has 15 heavy (non-hydrogen) atoms. The second-order valence-corrected chi connectivity index (χ2v) is 5.82. The summed E-state index contributed by atoms with van der Waals surface area (Å²) in [7, 11) is -7.72. The molecule has 1 atom stereocenters. The zero-order valence-corrected chi connectivity index (χ0v) is 8.62. The van der Waals surface area contributed by atoms with Crippen LogP contribution in [0.15, 0.2) is 11.1 Å². The Hall–Kier alpha value is -1.31. The number of hydrogen-bond donors (Lipinski definition) is 1. The van der Waals surface area contributed by atoms with Crippen molar-refractivity contribution in [3.63, 3.8) is 0 Å². The highest BCUT2D eigenvalue weighted by atomic mass is 32.2. The Morgan fingerprint density at radius 2 is 1.93 bits per heavy atom. The molecule has 8 nitrogen and oxygen atoms in total. The lowest BCUT2D eigenvalue weighted by atomic mass is 10.4. The quantitative estimate of drug-likeness (QED) is 0.697. The van der Waals surface area contributed by atoms with Gasteiger partial charge in [0.1, 0.15) is 4.90 Å². The minimum absolute atomic E-state index is 0.0491. The largest absolute Gasteiger partial charge is 0.649 e. The van der Waals surface area contributed by atoms with Gasteiger partial charge < -0.3 is 13.6 Å². The first-order valence-electron chi connectivity index (χ1n) is 3.64. The van der Waals surface area contributed by atoms with Crippen molar-refractivity contribution in [2.75, 3.05) is 0 Å². The van der Waals surface area contributed by atoms with Crippen LogP contribution in [-0.4, -0.2) is 13.4 Å². The van der Waals surface area contributed by atoms with Crippen LogP contribution in [0.3, 0.4) is 0 Å². The smallest absolute Gasteiger partial charge is 0.380 e. The fraction of sp³-hybridized carbons (Fsp3) is 0. The van der Waals surface area contributed by atoms with Gasteiger partial charge in [-0.3, -0.25) is 0 Å². The SMILES string of the molecule is NS(=O)(=O)c1cnc2c3c1OP(=O)(O2)O3. The second kappa shape index (κ2) is 2.26. The number of fused-ring (bicyclic) bond motifs is 1. The van der Waals surface area contributed by atoms with Crippen molar-refractivity contribution >= 4 is 17.8 Å². The highest BCUT2D eigenvalue weighted by molar-refractivity contribution is 7.89. The lowest BCUT2D eigenvalue weighted by molar-refractivity contribution is 0.347. The maximum atomic E-state index is 11.5. The third-order valence-electron chi connectivity index (χ3n) is 1.83. The van der Waals surface area contributed by atoms with E-state index in [-0.39, 0.29) is 22.3 Å². The molecule has 0 amide bonds. The summed E-state index contributed by atoms with van der Waals surface area (Å²) in [5.74, 6) is -0.325. The Bertz CT molecular complexity index is 625. The molecular formula is C5H3N2O6PS. The summed E-state index contributed by atoms with van der Waals surface area (Å²) in [6.45, 7) is 0. The monoisotopic (exact) mass is 250 g/mol. The van der Waals surface area contributed by atoms with E-state index < -0.39 is 17.8 Å². The number of aromatic nitrogens is 1. The molecule has 0 saturated heterocycles. The maximum absolute atomic E-state index is 11.5. The molecule has 1 aromatic heterocycles. The summed E-state index contributed by atoms with van der Waals surface area (Å²) in [4.78, 5) is 3.23. The standard InChI is InChI=1S/C5H3N2O6PS/c6-15(9,10)2-1-7-5-4-3(2)11-14(8,12-4)13-5/h1H,(H2,6,9,10). The highest BCUT2D eigenvalue weighted by Gasteiger charge is 2.53. The van der Waals surface area contributed by atoms with Crippen molar-refractivity contribution in [3.8, 4) is 17.4 Å². The lowest BCUT2D eigenvalue weighted by Crippen LogP contribution is -2.14. The van der Waals surface area contributed by atoms with E-state index in [2.05, 4.69) is 4.98 Å². The molecule has 3 heterocycles. The third kappa shape index (κ3) is 1.08. The van der Waals surface area contributed by atoms with Gasteiger partial charge in [-0.2, -0.15) is 4.57 Å². The number of primary sulfonamides is 1. The molecule has 3 rings (SSSR count). The van der Waals surface area contributed by atoms with Crippen LogP contribution in [0.5, 0.6) is 17.4 Å². The number of hydrogen-bond acceptors (Lipinski definition) is 7. The van der Waals surface area contributed by atoms with Crippen molar-refractivity contribution in [2.45, 2.75) is 4.90 Å². The fourth-order valence-corrected chi connectivity index (χ4v) is 3.16. The van der Waals surface area contributed by atoms with Gasteiger partial charge in [-0.15, -0.1) is 0 Å². The van der Waals surface area contributed by atoms with E-state index in [1.165, 1.54) is 0 Å². The topological polar surface area (TPSA) is 118 Å². The number of rotatable bonds is 1. The Morgan fingerprint density at radius 1 is 1.27 bits per heavy atom. The minimum Gasteiger partial charge on any atom is -0.380 e. The molecule has 2 aliphatic heterocycles. The average Bonchev–Trinajstić information content (AvgIpc) is 2.53. The van der Waals surface area contributed by atoms with Crippen LogP contribution in [-0.2, 0) is 14.6 Å². The van der Waals surface area contributed by atoms with Gasteiger partial charge in [-0.05, 0) is 0 Å². The Labute approximate surface area is 83.6 Å². The van der Waals surface area contributed by atoms with Crippen LogP contribution in [0.4, 0.5) is 0 Å². The predicted octanol–water partition coefficient (Wildman–Crippen LogP) is 0.000700. The molecule has 10 heteroatoms. The van der Waals surface area contributed by atoms with Crippen molar-refractivity contribution in [3.05, 3.63) is 6.20 Å². The molecule has 1 aromatic rings. The average molecular weight is 250 g/mol. The van der Waals surface area contributed by atoms with Crippen molar-refractivity contribution in [1.29, 1.82) is 0 Å². The third-order valence-corrected chi connectivity index (χ3v) is 3.95. The van der Waals surface area contributed by atoms with E-state index in [9.17, 15) is 13.0 Å². The number of nitrogens with two attached hydrogens (primary N) is 1. The van der Waals surface area contributed by atoms with Crippen LogP contribution in [0.25, 0.3) is 0 Å². The number of phosphoric ester groups is 1. The molecule has 2 aliphatic rings. The summed E-state index contributed by atoms with van der Waals surface area (Å²) >= 11 is 0. The van der Waals surface area contributed by atoms with E-state index in [0.717, 1.165) is 6.20 Å². The normalized spacial score (nSPS) is 25.7. The number of phosphoric acid groups is 1. The molecule has 0 spiro atoms. The first-order valence-corrected chi connectivity index (χ1v) is 6.64. The summed E-state index contributed by atoms with van der Waals surface area (Å²) in [6, 6.07) is 0. The number of sulfonamides is 1. The van der Waals surface area contributed by atoms with Crippen molar-refractivity contribution in [2.24, 2.45) is 5.14 Å². The van der Waals surface area contributed by atoms with Gasteiger partial charge in [0.15, 0.2) is 0 Å². The zero-order chi connectivity index (χ0) is 10.8. The summed E-state index contributed by atoms with van der Waals surface area (Å²) in [6.07, 6.45) is 0.960. The van der Waals surface area contributed by atoms with Gasteiger partial charge in [0.05, 0.1) is 6.20 Å². The zero-order valence-electron chi connectivity index (χ0n) is 6.91. The highest BCUT2D eigenvalue weighted by Crippen LogP contribution is 2.68. The molecule has 1 unspecified atom stereocenters. The van der Waals surface area contributed by atoms with Gasteiger partial charge in [0.25, 0.3) is 5.88 Å². The van der Waals surface area contributed by atoms with Crippen LogP contribution < -0.4 is 18.7 Å². The molecule has 2 bridgehead atoms. The lowest BCUT2D eigenvalue weighted by Gasteiger charge is -2.10. The van der Waals surface area contributed by atoms with Crippen LogP contribution in [0.2, 0.25) is 0 Å². The molecule has 0 aromatic carbocycles. The van der Waals surface area contributed by atoms with Crippen molar-refractivity contribution in [1.82, 2.24) is 4.98 Å². The number of pyridine rings is 1. The molecule has 0 aliphatic carbocycles. The van der Waals surface area contributed by atoms with E-state index in [4.69, 9.17) is 18.7 Å². The van der Waals surface area contributed by atoms with Crippen molar-refractivity contribution < 1.29 is 26.6 Å². The summed E-state index contributed by atoms with van der Waals surface area (Å²) < 4.78 is 47.8. The Morgan fingerprint density at radius 3 is 2.53 bits per heavy atom. The van der Waals surface area contributed by atoms with Gasteiger partial charge in [0.2, 0.25) is 21.5 Å². The van der Waals surface area contributed by atoms with Crippen LogP contribution in [0.1, 0.15) is 0 Å². The van der Waals surface area contributed by atoms with Gasteiger partial charge in [0, 0.05) is 0 Å². The Balaban J connectivity index is 2.36. The van der Waals surface area contributed by atoms with E-state index in [1.54, 1.807) is 0 Å².